The fourth-order valence-corrected chi connectivity index (χ4v) is 3.30. The van der Waals surface area contributed by atoms with Crippen molar-refractivity contribution in [3.05, 3.63) is 74.2 Å². The van der Waals surface area contributed by atoms with Crippen LogP contribution in [0.3, 0.4) is 0 Å². The van der Waals surface area contributed by atoms with Crippen LogP contribution in [0, 0.1) is 17.0 Å². The lowest BCUT2D eigenvalue weighted by molar-refractivity contribution is -0.385. The van der Waals surface area contributed by atoms with E-state index in [0.29, 0.717) is 0 Å². The van der Waals surface area contributed by atoms with E-state index in [1.54, 1.807) is 0 Å². The number of nitro groups is 1. The zero-order chi connectivity index (χ0) is 18.8. The van der Waals surface area contributed by atoms with Crippen molar-refractivity contribution in [1.82, 2.24) is 4.90 Å². The molecule has 1 aliphatic heterocycles. The normalized spacial score (nSPS) is 15.7. The Kier molecular flexibility index (Phi) is 4.77. The van der Waals surface area contributed by atoms with Crippen LogP contribution in [-0.2, 0) is 11.3 Å². The van der Waals surface area contributed by atoms with Gasteiger partial charge in [0.15, 0.2) is 0 Å². The summed E-state index contributed by atoms with van der Waals surface area (Å²) in [4.78, 5) is 36.1. The molecule has 1 aliphatic rings. The Morgan fingerprint density at radius 1 is 1.19 bits per heavy atom. The Bertz CT molecular complexity index is 937. The van der Waals surface area contributed by atoms with Gasteiger partial charge < -0.3 is 5.11 Å². The lowest BCUT2D eigenvalue weighted by Gasteiger charge is -2.12. The zero-order valence-electron chi connectivity index (χ0n) is 13.7. The van der Waals surface area contributed by atoms with Gasteiger partial charge in [-0.05, 0) is 30.3 Å². The van der Waals surface area contributed by atoms with Crippen LogP contribution in [0.4, 0.5) is 10.5 Å². The van der Waals surface area contributed by atoms with Crippen LogP contribution in [0.25, 0.3) is 6.08 Å². The maximum atomic E-state index is 12.5. The minimum Gasteiger partial charge on any atom is -0.502 e. The van der Waals surface area contributed by atoms with Crippen molar-refractivity contribution < 1.29 is 19.6 Å². The molecule has 1 fully saturated rings. The van der Waals surface area contributed by atoms with Crippen LogP contribution in [0.1, 0.15) is 16.7 Å². The molecular weight excluding hydrogens is 356 g/mol. The Labute approximate surface area is 153 Å². The smallest absolute Gasteiger partial charge is 0.311 e. The van der Waals surface area contributed by atoms with Gasteiger partial charge in [-0.2, -0.15) is 0 Å². The minimum atomic E-state index is -0.712. The van der Waals surface area contributed by atoms with E-state index in [1.165, 1.54) is 18.2 Å². The van der Waals surface area contributed by atoms with Crippen molar-refractivity contribution >= 4 is 34.7 Å². The number of hydrogen-bond donors (Lipinski definition) is 1. The van der Waals surface area contributed by atoms with E-state index < -0.39 is 27.5 Å². The molecule has 0 aromatic heterocycles. The number of benzene rings is 2. The maximum absolute atomic E-state index is 12.5. The third-order valence-corrected chi connectivity index (χ3v) is 4.77. The van der Waals surface area contributed by atoms with Gasteiger partial charge in [-0.15, -0.1) is 0 Å². The summed E-state index contributed by atoms with van der Waals surface area (Å²) in [6.07, 6.45) is 1.29. The topological polar surface area (TPSA) is 101 Å². The van der Waals surface area contributed by atoms with E-state index in [-0.39, 0.29) is 17.0 Å². The average Bonchev–Trinajstić information content (AvgIpc) is 2.86. The number of rotatable bonds is 4. The van der Waals surface area contributed by atoms with Gasteiger partial charge in [-0.1, -0.05) is 42.0 Å². The fourth-order valence-electron chi connectivity index (χ4n) is 2.47. The first-order valence-corrected chi connectivity index (χ1v) is 8.46. The van der Waals surface area contributed by atoms with E-state index in [1.807, 2.05) is 31.2 Å². The van der Waals surface area contributed by atoms with Crippen LogP contribution in [-0.4, -0.2) is 26.1 Å². The molecule has 1 saturated heterocycles. The van der Waals surface area contributed by atoms with Crippen molar-refractivity contribution in [2.24, 2.45) is 0 Å². The summed E-state index contributed by atoms with van der Waals surface area (Å²) in [7, 11) is 0. The highest BCUT2D eigenvalue weighted by Gasteiger charge is 2.35. The Morgan fingerprint density at radius 2 is 1.88 bits per heavy atom. The lowest BCUT2D eigenvalue weighted by Crippen LogP contribution is -2.27. The number of amides is 2. The molecule has 0 spiro atoms. The third-order valence-electron chi connectivity index (χ3n) is 3.86. The average molecular weight is 370 g/mol. The molecule has 2 amide bonds. The molecule has 1 heterocycles. The molecule has 3 rings (SSSR count). The number of phenols is 1. The monoisotopic (exact) mass is 370 g/mol. The number of nitrogens with zero attached hydrogens (tertiary/aromatic N) is 2. The van der Waals surface area contributed by atoms with Crippen molar-refractivity contribution in [3.63, 3.8) is 0 Å². The molecule has 7 nitrogen and oxygen atoms in total. The molecular formula is C18H14N2O5S. The van der Waals surface area contributed by atoms with Gasteiger partial charge in [0, 0.05) is 11.6 Å². The lowest BCUT2D eigenvalue weighted by atomic mass is 10.1. The van der Waals surface area contributed by atoms with Crippen LogP contribution >= 0.6 is 11.8 Å². The molecule has 0 aliphatic carbocycles. The van der Waals surface area contributed by atoms with Gasteiger partial charge in [0.2, 0.25) is 5.75 Å². The molecule has 1 N–H and O–H groups in total. The maximum Gasteiger partial charge on any atom is 0.311 e. The van der Waals surface area contributed by atoms with E-state index in [0.717, 1.165) is 33.9 Å². The summed E-state index contributed by atoms with van der Waals surface area (Å²) in [5.74, 6) is -1.03. The van der Waals surface area contributed by atoms with Crippen LogP contribution in [0.2, 0.25) is 0 Å². The fraction of sp³-hybridized carbons (Fsp3) is 0.111. The first kappa shape index (κ1) is 17.7. The van der Waals surface area contributed by atoms with Crippen molar-refractivity contribution in [2.75, 3.05) is 0 Å². The molecule has 0 unspecified atom stereocenters. The molecule has 0 radical (unpaired) electrons. The zero-order valence-corrected chi connectivity index (χ0v) is 14.5. The largest absolute Gasteiger partial charge is 0.502 e. The number of para-hydroxylation sites is 1. The summed E-state index contributed by atoms with van der Waals surface area (Å²) in [6, 6.07) is 11.5. The first-order valence-electron chi connectivity index (χ1n) is 7.64. The molecule has 8 heteroatoms. The number of thioether (sulfide) groups is 1. The molecule has 0 atom stereocenters. The molecule has 0 saturated carbocycles. The van der Waals surface area contributed by atoms with Gasteiger partial charge in [0.25, 0.3) is 11.1 Å². The number of phenolic OH excluding ortho intramolecular Hbond substituents is 1. The Morgan fingerprint density at radius 3 is 2.54 bits per heavy atom. The van der Waals surface area contributed by atoms with E-state index >= 15 is 0 Å². The van der Waals surface area contributed by atoms with Crippen molar-refractivity contribution in [2.45, 2.75) is 13.5 Å². The summed E-state index contributed by atoms with van der Waals surface area (Å²) < 4.78 is 0. The first-order chi connectivity index (χ1) is 12.4. The van der Waals surface area contributed by atoms with Crippen LogP contribution < -0.4 is 0 Å². The number of aromatic hydroxyl groups is 1. The minimum absolute atomic E-state index is 0.109. The van der Waals surface area contributed by atoms with Gasteiger partial charge >= 0.3 is 5.69 Å². The predicted molar refractivity (Wildman–Crippen MR) is 97.5 cm³/mol. The van der Waals surface area contributed by atoms with Gasteiger partial charge in [0.1, 0.15) is 0 Å². The second-order valence-corrected chi connectivity index (χ2v) is 6.72. The third kappa shape index (κ3) is 3.45. The number of aryl methyl sites for hydroxylation is 1. The van der Waals surface area contributed by atoms with Gasteiger partial charge in [-0.25, -0.2) is 0 Å². The Hall–Kier alpha value is -3.13. The van der Waals surface area contributed by atoms with E-state index in [2.05, 4.69) is 0 Å². The van der Waals surface area contributed by atoms with Gasteiger partial charge in [0.05, 0.1) is 16.4 Å². The summed E-state index contributed by atoms with van der Waals surface area (Å²) in [5, 5.41) is 20.5. The molecule has 2 aromatic rings. The SMILES string of the molecule is Cc1ccc(CN2C(=O)S/C(=C\c3cccc([N+](=O)[O-])c3O)C2=O)cc1. The highest BCUT2D eigenvalue weighted by Crippen LogP contribution is 2.37. The summed E-state index contributed by atoms with van der Waals surface area (Å²) in [6.45, 7) is 2.08. The molecule has 132 valence electrons. The number of carbonyl (C=O) groups is 2. The quantitative estimate of drug-likeness (QED) is 0.498. The second kappa shape index (κ2) is 7.01. The predicted octanol–water partition coefficient (Wildman–Crippen LogP) is 3.85. The van der Waals surface area contributed by atoms with Crippen LogP contribution in [0.15, 0.2) is 47.4 Å². The number of nitro benzene ring substituents is 1. The molecule has 2 aromatic carbocycles. The van der Waals surface area contributed by atoms with E-state index in [9.17, 15) is 24.8 Å². The highest BCUT2D eigenvalue weighted by atomic mass is 32.2. The second-order valence-electron chi connectivity index (χ2n) is 5.73. The summed E-state index contributed by atoms with van der Waals surface area (Å²) in [5.41, 5.74) is 1.54. The standard InChI is InChI=1S/C18H14N2O5S/c1-11-5-7-12(8-6-11)10-19-17(22)15(26-18(19)23)9-13-3-2-4-14(16(13)21)20(24)25/h2-9,21H,10H2,1H3/b15-9-. The number of hydrogen-bond acceptors (Lipinski definition) is 6. The molecule has 26 heavy (non-hydrogen) atoms. The molecule has 0 bridgehead atoms. The number of imide groups is 1. The van der Waals surface area contributed by atoms with Crippen LogP contribution in [0.5, 0.6) is 5.75 Å². The van der Waals surface area contributed by atoms with Crippen molar-refractivity contribution in [3.8, 4) is 5.75 Å². The van der Waals surface area contributed by atoms with Gasteiger partial charge in [-0.3, -0.25) is 24.6 Å². The summed E-state index contributed by atoms with van der Waals surface area (Å²) >= 11 is 0.740. The van der Waals surface area contributed by atoms with Crippen molar-refractivity contribution in [1.29, 1.82) is 0 Å². The highest BCUT2D eigenvalue weighted by molar-refractivity contribution is 8.18. The Balaban J connectivity index is 1.87. The van der Waals surface area contributed by atoms with E-state index in [4.69, 9.17) is 0 Å². The number of carbonyl (C=O) groups excluding carboxylic acids is 2.